The van der Waals surface area contributed by atoms with E-state index in [0.29, 0.717) is 12.2 Å². The van der Waals surface area contributed by atoms with Gasteiger partial charge in [-0.3, -0.25) is 4.79 Å². The van der Waals surface area contributed by atoms with Crippen molar-refractivity contribution in [1.82, 2.24) is 15.2 Å². The minimum atomic E-state index is -0.736. The van der Waals surface area contributed by atoms with Crippen molar-refractivity contribution >= 4 is 17.8 Å². The molecule has 2 saturated heterocycles. The topological polar surface area (TPSA) is 65.5 Å². The standard InChI is InChI=1S/C14H18N4O2/c1-10-9-15-8-6-14(10)12(19)18(13(20)17(14)2)11-5-3-4-7-16-11/h3-5,7,10,15H,6,8-9H2,1-2H3. The van der Waals surface area contributed by atoms with Crippen LogP contribution in [-0.2, 0) is 4.79 Å². The van der Waals surface area contributed by atoms with Crippen molar-refractivity contribution in [2.75, 3.05) is 25.0 Å². The molecular formula is C14H18N4O2. The summed E-state index contributed by atoms with van der Waals surface area (Å²) >= 11 is 0. The Morgan fingerprint density at radius 2 is 2.20 bits per heavy atom. The summed E-state index contributed by atoms with van der Waals surface area (Å²) < 4.78 is 0. The van der Waals surface area contributed by atoms with Gasteiger partial charge >= 0.3 is 6.03 Å². The van der Waals surface area contributed by atoms with Gasteiger partial charge in [0.25, 0.3) is 5.91 Å². The molecule has 2 atom stereocenters. The molecular weight excluding hydrogens is 256 g/mol. The van der Waals surface area contributed by atoms with Gasteiger partial charge in [0.15, 0.2) is 0 Å². The number of carbonyl (C=O) groups excluding carboxylic acids is 2. The molecule has 3 amide bonds. The molecule has 2 aliphatic heterocycles. The first kappa shape index (κ1) is 13.1. The fourth-order valence-electron chi connectivity index (χ4n) is 3.26. The first-order valence-corrected chi connectivity index (χ1v) is 6.83. The van der Waals surface area contributed by atoms with Gasteiger partial charge in [0.1, 0.15) is 11.4 Å². The lowest BCUT2D eigenvalue weighted by molar-refractivity contribution is -0.128. The van der Waals surface area contributed by atoms with Gasteiger partial charge in [0, 0.05) is 25.7 Å². The third kappa shape index (κ3) is 1.57. The maximum Gasteiger partial charge on any atom is 0.333 e. The number of nitrogens with one attached hydrogen (secondary N) is 1. The number of hydrogen-bond acceptors (Lipinski definition) is 4. The molecule has 2 fully saturated rings. The van der Waals surface area contributed by atoms with Crippen molar-refractivity contribution in [3.05, 3.63) is 24.4 Å². The zero-order valence-electron chi connectivity index (χ0n) is 11.7. The molecule has 6 nitrogen and oxygen atoms in total. The van der Waals surface area contributed by atoms with Gasteiger partial charge in [-0.2, -0.15) is 0 Å². The molecule has 1 aromatic heterocycles. The van der Waals surface area contributed by atoms with Crippen molar-refractivity contribution in [1.29, 1.82) is 0 Å². The lowest BCUT2D eigenvalue weighted by Crippen LogP contribution is -2.60. The van der Waals surface area contributed by atoms with Crippen LogP contribution < -0.4 is 10.2 Å². The number of nitrogens with zero attached hydrogens (tertiary/aromatic N) is 3. The number of hydrogen-bond donors (Lipinski definition) is 1. The molecule has 0 bridgehead atoms. The number of piperidine rings is 1. The Bertz CT molecular complexity index is 547. The predicted molar refractivity (Wildman–Crippen MR) is 74.3 cm³/mol. The Morgan fingerprint density at radius 3 is 2.85 bits per heavy atom. The number of rotatable bonds is 1. The Labute approximate surface area is 117 Å². The lowest BCUT2D eigenvalue weighted by Gasteiger charge is -2.41. The van der Waals surface area contributed by atoms with Crippen LogP contribution in [0.3, 0.4) is 0 Å². The summed E-state index contributed by atoms with van der Waals surface area (Å²) in [5.74, 6) is 0.320. The molecule has 106 valence electrons. The minimum absolute atomic E-state index is 0.0754. The molecule has 0 radical (unpaired) electrons. The lowest BCUT2D eigenvalue weighted by atomic mass is 9.78. The van der Waals surface area contributed by atoms with Crippen LogP contribution in [0.2, 0.25) is 0 Å². The number of anilines is 1. The normalized spacial score (nSPS) is 30.4. The molecule has 1 N–H and O–H groups in total. The zero-order chi connectivity index (χ0) is 14.3. The summed E-state index contributed by atoms with van der Waals surface area (Å²) in [4.78, 5) is 32.4. The molecule has 2 aliphatic rings. The molecule has 2 unspecified atom stereocenters. The summed E-state index contributed by atoms with van der Waals surface area (Å²) in [6.07, 6.45) is 2.23. The molecule has 1 spiro atoms. The molecule has 20 heavy (non-hydrogen) atoms. The third-order valence-electron chi connectivity index (χ3n) is 4.48. The molecule has 3 rings (SSSR count). The van der Waals surface area contributed by atoms with E-state index in [4.69, 9.17) is 0 Å². The van der Waals surface area contributed by atoms with E-state index in [0.717, 1.165) is 13.1 Å². The molecule has 3 heterocycles. The van der Waals surface area contributed by atoms with Crippen molar-refractivity contribution in [3.8, 4) is 0 Å². The van der Waals surface area contributed by atoms with Crippen molar-refractivity contribution in [2.24, 2.45) is 5.92 Å². The average Bonchev–Trinajstić information content (AvgIpc) is 2.65. The number of pyridine rings is 1. The molecule has 0 saturated carbocycles. The largest absolute Gasteiger partial charge is 0.333 e. The van der Waals surface area contributed by atoms with Crippen LogP contribution in [0, 0.1) is 5.92 Å². The van der Waals surface area contributed by atoms with Crippen LogP contribution in [0.4, 0.5) is 10.6 Å². The van der Waals surface area contributed by atoms with E-state index in [-0.39, 0.29) is 17.9 Å². The van der Waals surface area contributed by atoms with E-state index in [9.17, 15) is 9.59 Å². The van der Waals surface area contributed by atoms with Crippen LogP contribution in [0.1, 0.15) is 13.3 Å². The number of amides is 3. The summed E-state index contributed by atoms with van der Waals surface area (Å²) in [6.45, 7) is 3.49. The molecule has 6 heteroatoms. The fraction of sp³-hybridized carbons (Fsp3) is 0.500. The molecule has 1 aromatic rings. The second-order valence-corrected chi connectivity index (χ2v) is 5.45. The Hall–Kier alpha value is -1.95. The van der Waals surface area contributed by atoms with E-state index in [1.165, 1.54) is 4.90 Å². The number of imide groups is 1. The van der Waals surface area contributed by atoms with Crippen LogP contribution in [0.5, 0.6) is 0 Å². The summed E-state index contributed by atoms with van der Waals surface area (Å²) in [7, 11) is 1.71. The molecule has 0 aliphatic carbocycles. The second-order valence-electron chi connectivity index (χ2n) is 5.45. The maximum absolute atomic E-state index is 12.9. The Morgan fingerprint density at radius 1 is 1.40 bits per heavy atom. The van der Waals surface area contributed by atoms with Gasteiger partial charge in [-0.15, -0.1) is 0 Å². The number of carbonyl (C=O) groups is 2. The van der Waals surface area contributed by atoms with Crippen LogP contribution in [0.15, 0.2) is 24.4 Å². The van der Waals surface area contributed by atoms with Crippen molar-refractivity contribution < 1.29 is 9.59 Å². The maximum atomic E-state index is 12.9. The van der Waals surface area contributed by atoms with E-state index in [1.807, 2.05) is 6.92 Å². The SMILES string of the molecule is CC1CNCCC12C(=O)N(c1ccccn1)C(=O)N2C. The number of aromatic nitrogens is 1. The smallest absolute Gasteiger partial charge is 0.316 e. The highest BCUT2D eigenvalue weighted by Gasteiger charge is 2.59. The number of urea groups is 1. The summed E-state index contributed by atoms with van der Waals surface area (Å²) in [6, 6.07) is 4.94. The Kier molecular flexibility index (Phi) is 2.97. The summed E-state index contributed by atoms with van der Waals surface area (Å²) in [5, 5.41) is 3.27. The van der Waals surface area contributed by atoms with E-state index >= 15 is 0 Å². The average molecular weight is 274 g/mol. The van der Waals surface area contributed by atoms with Crippen LogP contribution in [-0.4, -0.2) is 47.5 Å². The first-order valence-electron chi connectivity index (χ1n) is 6.83. The van der Waals surface area contributed by atoms with Crippen LogP contribution >= 0.6 is 0 Å². The highest BCUT2D eigenvalue weighted by Crippen LogP contribution is 2.39. The van der Waals surface area contributed by atoms with Gasteiger partial charge in [0.05, 0.1) is 0 Å². The number of likely N-dealkylation sites (N-methyl/N-ethyl adjacent to an activating group) is 1. The fourth-order valence-corrected chi connectivity index (χ4v) is 3.26. The van der Waals surface area contributed by atoms with E-state index < -0.39 is 5.54 Å². The quantitative estimate of drug-likeness (QED) is 0.771. The highest BCUT2D eigenvalue weighted by molar-refractivity contribution is 6.22. The zero-order valence-corrected chi connectivity index (χ0v) is 11.7. The molecule has 0 aromatic carbocycles. The van der Waals surface area contributed by atoms with Crippen molar-refractivity contribution in [3.63, 3.8) is 0 Å². The van der Waals surface area contributed by atoms with E-state index in [2.05, 4.69) is 10.3 Å². The van der Waals surface area contributed by atoms with Gasteiger partial charge < -0.3 is 10.2 Å². The second kappa shape index (κ2) is 4.56. The van der Waals surface area contributed by atoms with E-state index in [1.54, 1.807) is 36.3 Å². The summed E-state index contributed by atoms with van der Waals surface area (Å²) in [5.41, 5.74) is -0.736. The minimum Gasteiger partial charge on any atom is -0.316 e. The monoisotopic (exact) mass is 274 g/mol. The highest BCUT2D eigenvalue weighted by atomic mass is 16.2. The van der Waals surface area contributed by atoms with Gasteiger partial charge in [-0.25, -0.2) is 14.7 Å². The van der Waals surface area contributed by atoms with Crippen molar-refractivity contribution in [2.45, 2.75) is 18.9 Å². The van der Waals surface area contributed by atoms with Gasteiger partial charge in [-0.1, -0.05) is 13.0 Å². The predicted octanol–water partition coefficient (Wildman–Crippen LogP) is 0.848. The van der Waals surface area contributed by atoms with Crippen LogP contribution in [0.25, 0.3) is 0 Å². The van der Waals surface area contributed by atoms with Gasteiger partial charge in [0.2, 0.25) is 0 Å². The first-order chi connectivity index (χ1) is 9.59. The Balaban J connectivity index is 2.04. The third-order valence-corrected chi connectivity index (χ3v) is 4.48. The van der Waals surface area contributed by atoms with Gasteiger partial charge in [-0.05, 0) is 25.1 Å².